The van der Waals surface area contributed by atoms with Crippen molar-refractivity contribution in [1.82, 2.24) is 9.88 Å². The highest BCUT2D eigenvalue weighted by atomic mass is 35.5. The molecule has 0 spiro atoms. The van der Waals surface area contributed by atoms with E-state index in [0.29, 0.717) is 6.04 Å². The average Bonchev–Trinajstić information content (AvgIpc) is 3.10. The molecule has 0 saturated carbocycles. The maximum atomic E-state index is 11.0. The molecule has 0 radical (unpaired) electrons. The molecule has 152 valence electrons. The lowest BCUT2D eigenvalue weighted by Gasteiger charge is -2.41. The number of aliphatic carboxylic acids is 1. The maximum Gasteiger partial charge on any atom is 0.307 e. The lowest BCUT2D eigenvalue weighted by atomic mass is 10.1. The van der Waals surface area contributed by atoms with E-state index in [1.54, 1.807) is 11.3 Å². The highest BCUT2D eigenvalue weighted by Gasteiger charge is 2.28. The predicted molar refractivity (Wildman–Crippen MR) is 119 cm³/mol. The smallest absolute Gasteiger partial charge is 0.307 e. The molecule has 0 aliphatic carbocycles. The normalized spacial score (nSPS) is 17.7. The first-order valence-corrected chi connectivity index (χ1v) is 11.1. The van der Waals surface area contributed by atoms with Crippen LogP contribution in [0.25, 0.3) is 10.2 Å². The van der Waals surface area contributed by atoms with Gasteiger partial charge in [0.05, 0.1) is 16.6 Å². The third-order valence-electron chi connectivity index (χ3n) is 5.38. The molecular formula is C22H24ClN3O2S. The lowest BCUT2D eigenvalue weighted by Crippen LogP contribution is -2.52. The minimum Gasteiger partial charge on any atom is -0.481 e. The minimum atomic E-state index is -0.793. The largest absolute Gasteiger partial charge is 0.481 e. The molecule has 2 aromatic carbocycles. The van der Waals surface area contributed by atoms with Gasteiger partial charge in [0, 0.05) is 37.2 Å². The topological polar surface area (TPSA) is 56.7 Å². The number of piperazine rings is 1. The number of fused-ring (bicyclic) bond motifs is 1. The lowest BCUT2D eigenvalue weighted by molar-refractivity contribution is -0.136. The Labute approximate surface area is 179 Å². The SMILES string of the molecule is CCC1CN(Cc2cccc(CC(=O)O)c2)CCN1c1nc2ccc(Cl)cc2s1. The van der Waals surface area contributed by atoms with E-state index in [1.807, 2.05) is 36.4 Å². The summed E-state index contributed by atoms with van der Waals surface area (Å²) in [6.45, 7) is 5.92. The van der Waals surface area contributed by atoms with E-state index in [-0.39, 0.29) is 6.42 Å². The van der Waals surface area contributed by atoms with Crippen LogP contribution in [0.1, 0.15) is 24.5 Å². The number of hydrogen-bond donors (Lipinski definition) is 1. The molecule has 2 heterocycles. The van der Waals surface area contributed by atoms with Crippen molar-refractivity contribution < 1.29 is 9.90 Å². The first-order valence-electron chi connectivity index (χ1n) is 9.86. The third kappa shape index (κ3) is 4.71. The number of aromatic nitrogens is 1. The van der Waals surface area contributed by atoms with Crippen LogP contribution >= 0.6 is 22.9 Å². The number of hydrogen-bond acceptors (Lipinski definition) is 5. The van der Waals surface area contributed by atoms with Crippen LogP contribution in [0.5, 0.6) is 0 Å². The van der Waals surface area contributed by atoms with Crippen molar-refractivity contribution >= 4 is 44.3 Å². The van der Waals surface area contributed by atoms with E-state index in [0.717, 1.165) is 58.5 Å². The molecule has 29 heavy (non-hydrogen) atoms. The quantitative estimate of drug-likeness (QED) is 0.616. The molecule has 0 bridgehead atoms. The van der Waals surface area contributed by atoms with Crippen LogP contribution in [0, 0.1) is 0 Å². The van der Waals surface area contributed by atoms with Crippen molar-refractivity contribution in [2.24, 2.45) is 0 Å². The molecule has 1 aliphatic heterocycles. The molecule has 0 amide bonds. The predicted octanol–water partition coefficient (Wildman–Crippen LogP) is 4.68. The Morgan fingerprint density at radius 2 is 2.07 bits per heavy atom. The zero-order chi connectivity index (χ0) is 20.4. The van der Waals surface area contributed by atoms with Gasteiger partial charge in [-0.1, -0.05) is 54.1 Å². The summed E-state index contributed by atoms with van der Waals surface area (Å²) in [6.07, 6.45) is 1.12. The van der Waals surface area contributed by atoms with Gasteiger partial charge < -0.3 is 10.0 Å². The fraction of sp³-hybridized carbons (Fsp3) is 0.364. The van der Waals surface area contributed by atoms with Crippen LogP contribution in [0.2, 0.25) is 5.02 Å². The second-order valence-electron chi connectivity index (χ2n) is 7.49. The number of carboxylic acid groups (broad SMARTS) is 1. The fourth-order valence-corrected chi connectivity index (χ4v) is 5.28. The molecule has 5 nitrogen and oxygen atoms in total. The minimum absolute atomic E-state index is 0.0703. The standard InChI is InChI=1S/C22H24ClN3O2S/c1-2-18-14-25(13-16-5-3-4-15(10-16)11-21(27)28)8-9-26(18)22-24-19-7-6-17(23)12-20(19)29-22/h3-7,10,12,18H,2,8-9,11,13-14H2,1H3,(H,27,28). The molecule has 7 heteroatoms. The second-order valence-corrected chi connectivity index (χ2v) is 8.94. The van der Waals surface area contributed by atoms with Crippen molar-refractivity contribution in [3.63, 3.8) is 0 Å². The molecule has 1 N–H and O–H groups in total. The summed E-state index contributed by atoms with van der Waals surface area (Å²) in [7, 11) is 0. The van der Waals surface area contributed by atoms with Gasteiger partial charge in [-0.3, -0.25) is 9.69 Å². The van der Waals surface area contributed by atoms with Crippen molar-refractivity contribution in [2.45, 2.75) is 32.4 Å². The Morgan fingerprint density at radius 3 is 2.86 bits per heavy atom. The Morgan fingerprint density at radius 1 is 1.24 bits per heavy atom. The van der Waals surface area contributed by atoms with Crippen LogP contribution in [0.3, 0.4) is 0 Å². The summed E-state index contributed by atoms with van der Waals surface area (Å²) in [5, 5.41) is 10.8. The molecular weight excluding hydrogens is 406 g/mol. The van der Waals surface area contributed by atoms with Gasteiger partial charge in [0.2, 0.25) is 0 Å². The molecule has 1 saturated heterocycles. The Kier molecular flexibility index (Phi) is 6.04. The number of carboxylic acids is 1. The number of anilines is 1. The molecule has 1 atom stereocenters. The van der Waals surface area contributed by atoms with E-state index < -0.39 is 5.97 Å². The molecule has 1 aromatic heterocycles. The molecule has 1 unspecified atom stereocenters. The van der Waals surface area contributed by atoms with Crippen LogP contribution in [-0.4, -0.2) is 46.6 Å². The van der Waals surface area contributed by atoms with Crippen LogP contribution in [-0.2, 0) is 17.8 Å². The highest BCUT2D eigenvalue weighted by molar-refractivity contribution is 7.22. The summed E-state index contributed by atoms with van der Waals surface area (Å²) >= 11 is 7.84. The first kappa shape index (κ1) is 20.1. The van der Waals surface area contributed by atoms with Gasteiger partial charge in [-0.2, -0.15) is 0 Å². The van der Waals surface area contributed by atoms with Crippen molar-refractivity contribution in [3.05, 3.63) is 58.6 Å². The van der Waals surface area contributed by atoms with Crippen LogP contribution < -0.4 is 4.90 Å². The molecule has 1 fully saturated rings. The maximum absolute atomic E-state index is 11.0. The summed E-state index contributed by atoms with van der Waals surface area (Å²) in [6, 6.07) is 14.2. The average molecular weight is 430 g/mol. The highest BCUT2D eigenvalue weighted by Crippen LogP contribution is 2.33. The van der Waals surface area contributed by atoms with E-state index in [9.17, 15) is 4.79 Å². The molecule has 1 aliphatic rings. The third-order valence-corrected chi connectivity index (χ3v) is 6.67. The van der Waals surface area contributed by atoms with Gasteiger partial charge >= 0.3 is 5.97 Å². The summed E-state index contributed by atoms with van der Waals surface area (Å²) in [5.41, 5.74) is 3.03. The number of carbonyl (C=O) groups is 1. The summed E-state index contributed by atoms with van der Waals surface area (Å²) in [5.74, 6) is -0.793. The van der Waals surface area contributed by atoms with Gasteiger partial charge in [-0.15, -0.1) is 0 Å². The van der Waals surface area contributed by atoms with Crippen LogP contribution in [0.4, 0.5) is 5.13 Å². The molecule has 4 rings (SSSR count). The summed E-state index contributed by atoms with van der Waals surface area (Å²) in [4.78, 5) is 20.7. The number of thiazole rings is 1. The van der Waals surface area contributed by atoms with Gasteiger partial charge in [0.1, 0.15) is 0 Å². The zero-order valence-corrected chi connectivity index (χ0v) is 17.9. The number of nitrogens with zero attached hydrogens (tertiary/aromatic N) is 3. The fourth-order valence-electron chi connectivity index (χ4n) is 3.94. The Balaban J connectivity index is 1.46. The van der Waals surface area contributed by atoms with Gasteiger partial charge in [0.25, 0.3) is 0 Å². The number of benzene rings is 2. The van der Waals surface area contributed by atoms with Crippen molar-refractivity contribution in [2.75, 3.05) is 24.5 Å². The van der Waals surface area contributed by atoms with Crippen molar-refractivity contribution in [3.8, 4) is 0 Å². The number of halogens is 1. The van der Waals surface area contributed by atoms with Crippen molar-refractivity contribution in [1.29, 1.82) is 0 Å². The Hall–Kier alpha value is -2.15. The first-order chi connectivity index (χ1) is 14.0. The van der Waals surface area contributed by atoms with E-state index in [4.69, 9.17) is 21.7 Å². The Bertz CT molecular complexity index is 1020. The van der Waals surface area contributed by atoms with Crippen LogP contribution in [0.15, 0.2) is 42.5 Å². The van der Waals surface area contributed by atoms with Gasteiger partial charge in [0.15, 0.2) is 5.13 Å². The summed E-state index contributed by atoms with van der Waals surface area (Å²) < 4.78 is 1.13. The number of rotatable bonds is 6. The van der Waals surface area contributed by atoms with Gasteiger partial charge in [-0.25, -0.2) is 4.98 Å². The van der Waals surface area contributed by atoms with Gasteiger partial charge in [-0.05, 0) is 35.7 Å². The zero-order valence-electron chi connectivity index (χ0n) is 16.3. The monoisotopic (exact) mass is 429 g/mol. The van der Waals surface area contributed by atoms with E-state index in [1.165, 1.54) is 5.56 Å². The molecule has 3 aromatic rings. The van der Waals surface area contributed by atoms with E-state index in [2.05, 4.69) is 22.8 Å². The second kappa shape index (κ2) is 8.69. The van der Waals surface area contributed by atoms with E-state index >= 15 is 0 Å².